The molecule has 1 atom stereocenters. The first kappa shape index (κ1) is 12.4. The Bertz CT molecular complexity index is 541. The van der Waals surface area contributed by atoms with E-state index in [0.717, 1.165) is 11.3 Å². The Labute approximate surface area is 114 Å². The quantitative estimate of drug-likeness (QED) is 0.908. The lowest BCUT2D eigenvalue weighted by molar-refractivity contribution is 0.196. The molecule has 0 radical (unpaired) electrons. The molecule has 0 bridgehead atoms. The third-order valence-electron chi connectivity index (χ3n) is 4.48. The van der Waals surface area contributed by atoms with Crippen LogP contribution in [0.25, 0.3) is 0 Å². The Morgan fingerprint density at radius 1 is 1.11 bits per heavy atom. The molecular weight excluding hydrogens is 232 g/mol. The first-order chi connectivity index (χ1) is 9.22. The van der Waals surface area contributed by atoms with E-state index in [1.165, 1.54) is 24.8 Å². The maximum Gasteiger partial charge on any atom is 0.0408 e. The summed E-state index contributed by atoms with van der Waals surface area (Å²) in [6.45, 7) is 2.01. The van der Waals surface area contributed by atoms with Crippen LogP contribution in [0.3, 0.4) is 0 Å². The van der Waals surface area contributed by atoms with Crippen molar-refractivity contribution in [1.29, 1.82) is 0 Å². The molecule has 1 unspecified atom stereocenters. The van der Waals surface area contributed by atoms with E-state index in [-0.39, 0.29) is 11.5 Å². The van der Waals surface area contributed by atoms with Gasteiger partial charge in [-0.2, -0.15) is 0 Å². The third kappa shape index (κ3) is 2.06. The van der Waals surface area contributed by atoms with Crippen LogP contribution in [0, 0.1) is 6.92 Å². The zero-order chi connectivity index (χ0) is 13.3. The summed E-state index contributed by atoms with van der Waals surface area (Å²) in [6.07, 6.45) is 5.54. The number of hydrogen-bond donors (Lipinski definition) is 1. The number of aromatic nitrogens is 1. The highest BCUT2D eigenvalue weighted by atomic mass is 14.7. The molecule has 1 fully saturated rings. The molecule has 2 nitrogen and oxygen atoms in total. The molecule has 2 heteroatoms. The highest BCUT2D eigenvalue weighted by Crippen LogP contribution is 2.50. The second-order valence-corrected chi connectivity index (χ2v) is 5.59. The van der Waals surface area contributed by atoms with Gasteiger partial charge in [0.2, 0.25) is 0 Å². The first-order valence-electron chi connectivity index (χ1n) is 6.96. The Kier molecular flexibility index (Phi) is 3.11. The molecule has 3 rings (SSSR count). The average Bonchev–Trinajstić information content (AvgIpc) is 2.39. The van der Waals surface area contributed by atoms with Crippen molar-refractivity contribution in [3.05, 3.63) is 65.5 Å². The second-order valence-electron chi connectivity index (χ2n) is 5.59. The van der Waals surface area contributed by atoms with Gasteiger partial charge >= 0.3 is 0 Å². The molecule has 0 spiro atoms. The normalized spacial score (nSPS) is 18.6. The summed E-state index contributed by atoms with van der Waals surface area (Å²) >= 11 is 0. The van der Waals surface area contributed by atoms with Crippen LogP contribution in [0.4, 0.5) is 0 Å². The number of hydrogen-bond acceptors (Lipinski definition) is 2. The Morgan fingerprint density at radius 3 is 2.37 bits per heavy atom. The van der Waals surface area contributed by atoms with Crippen molar-refractivity contribution in [2.45, 2.75) is 37.6 Å². The van der Waals surface area contributed by atoms with E-state index in [1.807, 2.05) is 19.2 Å². The summed E-state index contributed by atoms with van der Waals surface area (Å²) < 4.78 is 0. The molecule has 1 heterocycles. The SMILES string of the molecule is Cc1ccc(C(N)C2(c3ccccc3)CCC2)cn1. The minimum atomic E-state index is 0.0387. The van der Waals surface area contributed by atoms with Gasteiger partial charge in [0.05, 0.1) is 0 Å². The van der Waals surface area contributed by atoms with Crippen molar-refractivity contribution < 1.29 is 0 Å². The monoisotopic (exact) mass is 252 g/mol. The zero-order valence-corrected chi connectivity index (χ0v) is 11.3. The summed E-state index contributed by atoms with van der Waals surface area (Å²) in [7, 11) is 0. The average molecular weight is 252 g/mol. The van der Waals surface area contributed by atoms with Crippen LogP contribution in [-0.4, -0.2) is 4.98 Å². The highest BCUT2D eigenvalue weighted by Gasteiger charge is 2.44. The molecule has 19 heavy (non-hydrogen) atoms. The summed E-state index contributed by atoms with van der Waals surface area (Å²) in [5.41, 5.74) is 10.2. The van der Waals surface area contributed by atoms with E-state index >= 15 is 0 Å². The molecule has 1 aromatic heterocycles. The molecule has 2 N–H and O–H groups in total. The molecule has 0 amide bonds. The predicted molar refractivity (Wildman–Crippen MR) is 77.9 cm³/mol. The van der Waals surface area contributed by atoms with Crippen LogP contribution in [0.2, 0.25) is 0 Å². The van der Waals surface area contributed by atoms with E-state index in [9.17, 15) is 0 Å². The minimum Gasteiger partial charge on any atom is -0.323 e. The van der Waals surface area contributed by atoms with Gasteiger partial charge in [-0.05, 0) is 37.0 Å². The van der Waals surface area contributed by atoms with Gasteiger partial charge in [0.1, 0.15) is 0 Å². The van der Waals surface area contributed by atoms with Crippen molar-refractivity contribution in [3.63, 3.8) is 0 Å². The van der Waals surface area contributed by atoms with E-state index in [2.05, 4.69) is 41.4 Å². The minimum absolute atomic E-state index is 0.0387. The van der Waals surface area contributed by atoms with E-state index in [1.54, 1.807) is 0 Å². The van der Waals surface area contributed by atoms with E-state index in [0.29, 0.717) is 0 Å². The fraction of sp³-hybridized carbons (Fsp3) is 0.353. The van der Waals surface area contributed by atoms with Gasteiger partial charge in [-0.1, -0.05) is 42.8 Å². The lowest BCUT2D eigenvalue weighted by Crippen LogP contribution is -2.44. The van der Waals surface area contributed by atoms with Crippen LogP contribution < -0.4 is 5.73 Å². The number of nitrogens with two attached hydrogens (primary N) is 1. The van der Waals surface area contributed by atoms with Gasteiger partial charge in [-0.25, -0.2) is 0 Å². The predicted octanol–water partition coefficient (Wildman–Crippen LogP) is 3.51. The number of pyridine rings is 1. The molecule has 0 aliphatic heterocycles. The molecule has 98 valence electrons. The van der Waals surface area contributed by atoms with Crippen molar-refractivity contribution in [2.75, 3.05) is 0 Å². The fourth-order valence-electron chi connectivity index (χ4n) is 3.09. The lowest BCUT2D eigenvalue weighted by atomic mass is 9.59. The molecule has 1 saturated carbocycles. The number of nitrogens with zero attached hydrogens (tertiary/aromatic N) is 1. The number of benzene rings is 1. The molecule has 1 aliphatic carbocycles. The molecule has 1 aromatic carbocycles. The molecule has 1 aliphatic rings. The Hall–Kier alpha value is -1.67. The molecule has 2 aromatic rings. The Morgan fingerprint density at radius 2 is 1.84 bits per heavy atom. The molecule has 0 saturated heterocycles. The maximum absolute atomic E-state index is 6.58. The fourth-order valence-corrected chi connectivity index (χ4v) is 3.09. The van der Waals surface area contributed by atoms with Gasteiger partial charge in [0, 0.05) is 23.3 Å². The topological polar surface area (TPSA) is 38.9 Å². The van der Waals surface area contributed by atoms with Crippen molar-refractivity contribution in [3.8, 4) is 0 Å². The largest absolute Gasteiger partial charge is 0.323 e. The summed E-state index contributed by atoms with van der Waals surface area (Å²) in [5.74, 6) is 0. The van der Waals surface area contributed by atoms with Crippen LogP contribution in [-0.2, 0) is 5.41 Å². The lowest BCUT2D eigenvalue weighted by Gasteiger charge is -2.47. The van der Waals surface area contributed by atoms with Crippen molar-refractivity contribution in [2.24, 2.45) is 5.73 Å². The highest BCUT2D eigenvalue weighted by molar-refractivity contribution is 5.34. The van der Waals surface area contributed by atoms with Gasteiger partial charge in [0.25, 0.3) is 0 Å². The second kappa shape index (κ2) is 4.78. The van der Waals surface area contributed by atoms with Gasteiger partial charge < -0.3 is 5.73 Å². The van der Waals surface area contributed by atoms with Crippen LogP contribution in [0.15, 0.2) is 48.7 Å². The summed E-state index contributed by atoms with van der Waals surface area (Å²) in [5, 5.41) is 0. The van der Waals surface area contributed by atoms with E-state index in [4.69, 9.17) is 5.73 Å². The summed E-state index contributed by atoms with van der Waals surface area (Å²) in [4.78, 5) is 4.39. The van der Waals surface area contributed by atoms with Gasteiger partial charge in [0.15, 0.2) is 0 Å². The summed E-state index contributed by atoms with van der Waals surface area (Å²) in [6, 6.07) is 14.9. The first-order valence-corrected chi connectivity index (χ1v) is 6.96. The standard InChI is InChI=1S/C17H20N2/c1-13-8-9-14(12-19-13)16(18)17(10-5-11-17)15-6-3-2-4-7-15/h2-4,6-9,12,16H,5,10-11,18H2,1H3. The Balaban J connectivity index is 1.96. The maximum atomic E-state index is 6.58. The van der Waals surface area contributed by atoms with Gasteiger partial charge in [-0.15, -0.1) is 0 Å². The molecular formula is C17H20N2. The number of rotatable bonds is 3. The van der Waals surface area contributed by atoms with Gasteiger partial charge in [-0.3, -0.25) is 4.98 Å². The van der Waals surface area contributed by atoms with Crippen LogP contribution >= 0.6 is 0 Å². The third-order valence-corrected chi connectivity index (χ3v) is 4.48. The van der Waals surface area contributed by atoms with Crippen LogP contribution in [0.5, 0.6) is 0 Å². The van der Waals surface area contributed by atoms with Crippen molar-refractivity contribution >= 4 is 0 Å². The number of aryl methyl sites for hydroxylation is 1. The van der Waals surface area contributed by atoms with E-state index < -0.39 is 0 Å². The smallest absolute Gasteiger partial charge is 0.0408 e. The van der Waals surface area contributed by atoms with Crippen molar-refractivity contribution in [1.82, 2.24) is 4.98 Å². The zero-order valence-electron chi connectivity index (χ0n) is 11.3. The van der Waals surface area contributed by atoms with Crippen LogP contribution in [0.1, 0.15) is 42.1 Å².